The summed E-state index contributed by atoms with van der Waals surface area (Å²) < 4.78 is 34.9. The molecule has 0 unspecified atom stereocenters. The van der Waals surface area contributed by atoms with Crippen molar-refractivity contribution in [3.05, 3.63) is 0 Å². The summed E-state index contributed by atoms with van der Waals surface area (Å²) in [6.07, 6.45) is 0.266. The standard InChI is InChI=1S/C11H23NO5S/c1-9(10(13)17-11(2,3)4)12(5)7-6-8-18(14,15)16/h9H,6-8H2,1-5H3,(H,14,15,16)/t9-/m0/s1. The van der Waals surface area contributed by atoms with Crippen molar-refractivity contribution in [3.63, 3.8) is 0 Å². The Kier molecular flexibility index (Phi) is 6.25. The average molecular weight is 281 g/mol. The molecule has 0 aliphatic heterocycles. The monoisotopic (exact) mass is 281 g/mol. The summed E-state index contributed by atoms with van der Waals surface area (Å²) in [7, 11) is -2.23. The predicted octanol–water partition coefficient (Wildman–Crippen LogP) is 0.926. The minimum atomic E-state index is -3.94. The number of rotatable bonds is 6. The summed E-state index contributed by atoms with van der Waals surface area (Å²) in [5, 5.41) is 0. The molecule has 18 heavy (non-hydrogen) atoms. The summed E-state index contributed by atoms with van der Waals surface area (Å²) in [5.74, 6) is -0.657. The third-order valence-corrected chi connectivity index (χ3v) is 3.13. The van der Waals surface area contributed by atoms with E-state index in [1.807, 2.05) is 0 Å². The highest BCUT2D eigenvalue weighted by molar-refractivity contribution is 7.85. The molecule has 0 radical (unpaired) electrons. The fourth-order valence-corrected chi connectivity index (χ4v) is 1.75. The minimum Gasteiger partial charge on any atom is -0.459 e. The van der Waals surface area contributed by atoms with Gasteiger partial charge >= 0.3 is 5.97 Å². The summed E-state index contributed by atoms with van der Waals surface area (Å²) in [6.45, 7) is 7.45. The van der Waals surface area contributed by atoms with Crippen LogP contribution in [0.15, 0.2) is 0 Å². The maximum absolute atomic E-state index is 11.7. The molecule has 6 nitrogen and oxygen atoms in total. The normalized spacial score (nSPS) is 14.6. The zero-order valence-electron chi connectivity index (χ0n) is 11.6. The quantitative estimate of drug-likeness (QED) is 0.576. The molecular formula is C11H23NO5S. The van der Waals surface area contributed by atoms with Crippen LogP contribution in [-0.2, 0) is 19.6 Å². The third kappa shape index (κ3) is 8.43. The number of nitrogens with zero attached hydrogens (tertiary/aromatic N) is 1. The van der Waals surface area contributed by atoms with E-state index in [9.17, 15) is 13.2 Å². The van der Waals surface area contributed by atoms with Gasteiger partial charge in [-0.2, -0.15) is 8.42 Å². The summed E-state index contributed by atoms with van der Waals surface area (Å²) in [5.41, 5.74) is -0.541. The number of esters is 1. The van der Waals surface area contributed by atoms with Gasteiger partial charge in [-0.25, -0.2) is 0 Å². The molecular weight excluding hydrogens is 258 g/mol. The Morgan fingerprint density at radius 1 is 1.39 bits per heavy atom. The van der Waals surface area contributed by atoms with Crippen LogP contribution in [0, 0.1) is 0 Å². The highest BCUT2D eigenvalue weighted by atomic mass is 32.2. The lowest BCUT2D eigenvalue weighted by Gasteiger charge is -2.27. The van der Waals surface area contributed by atoms with E-state index in [1.165, 1.54) is 0 Å². The van der Waals surface area contributed by atoms with Gasteiger partial charge in [0.25, 0.3) is 10.1 Å². The van der Waals surface area contributed by atoms with Gasteiger partial charge in [0.05, 0.1) is 5.75 Å². The predicted molar refractivity (Wildman–Crippen MR) is 69.0 cm³/mol. The van der Waals surface area contributed by atoms with Crippen molar-refractivity contribution in [2.45, 2.75) is 45.8 Å². The first-order valence-electron chi connectivity index (χ1n) is 5.80. The van der Waals surface area contributed by atoms with E-state index >= 15 is 0 Å². The molecule has 1 atom stereocenters. The Morgan fingerprint density at radius 3 is 2.28 bits per heavy atom. The first-order chi connectivity index (χ1) is 7.92. The molecule has 0 aromatic heterocycles. The maximum Gasteiger partial charge on any atom is 0.323 e. The Morgan fingerprint density at radius 2 is 1.89 bits per heavy atom. The lowest BCUT2D eigenvalue weighted by molar-refractivity contribution is -0.160. The molecule has 0 saturated heterocycles. The van der Waals surface area contributed by atoms with Gasteiger partial charge < -0.3 is 4.74 Å². The number of hydrogen-bond donors (Lipinski definition) is 1. The maximum atomic E-state index is 11.7. The van der Waals surface area contributed by atoms with Crippen LogP contribution in [0.2, 0.25) is 0 Å². The van der Waals surface area contributed by atoms with Gasteiger partial charge in [0, 0.05) is 0 Å². The molecule has 0 aliphatic carbocycles. The molecule has 0 heterocycles. The first kappa shape index (κ1) is 17.3. The van der Waals surface area contributed by atoms with Gasteiger partial charge in [-0.1, -0.05) is 0 Å². The zero-order chi connectivity index (χ0) is 14.6. The lowest BCUT2D eigenvalue weighted by Crippen LogP contribution is -2.41. The average Bonchev–Trinajstić information content (AvgIpc) is 2.11. The molecule has 0 fully saturated rings. The van der Waals surface area contributed by atoms with E-state index in [-0.39, 0.29) is 18.1 Å². The number of likely N-dealkylation sites (N-methyl/N-ethyl adjacent to an activating group) is 1. The van der Waals surface area contributed by atoms with Crippen LogP contribution in [0.4, 0.5) is 0 Å². The Bertz CT molecular complexity index is 371. The highest BCUT2D eigenvalue weighted by Crippen LogP contribution is 2.10. The second kappa shape index (κ2) is 6.49. The van der Waals surface area contributed by atoms with Crippen molar-refractivity contribution in [1.82, 2.24) is 4.90 Å². The molecule has 1 N–H and O–H groups in total. The largest absolute Gasteiger partial charge is 0.459 e. The molecule has 0 aromatic carbocycles. The van der Waals surface area contributed by atoms with E-state index in [0.29, 0.717) is 6.54 Å². The van der Waals surface area contributed by atoms with E-state index in [0.717, 1.165) is 0 Å². The van der Waals surface area contributed by atoms with Crippen molar-refractivity contribution >= 4 is 16.1 Å². The Hall–Kier alpha value is -0.660. The van der Waals surface area contributed by atoms with Crippen LogP contribution in [0.5, 0.6) is 0 Å². The molecule has 0 amide bonds. The van der Waals surface area contributed by atoms with Gasteiger partial charge in [-0.3, -0.25) is 14.2 Å². The fraction of sp³-hybridized carbons (Fsp3) is 0.909. The summed E-state index contributed by atoms with van der Waals surface area (Å²) >= 11 is 0. The van der Waals surface area contributed by atoms with Crippen molar-refractivity contribution in [1.29, 1.82) is 0 Å². The molecule has 0 spiro atoms. The number of carbonyl (C=O) groups excluding carboxylic acids is 1. The van der Waals surface area contributed by atoms with Gasteiger partial charge in [-0.15, -0.1) is 0 Å². The van der Waals surface area contributed by atoms with Gasteiger partial charge in [-0.05, 0) is 47.7 Å². The van der Waals surface area contributed by atoms with E-state index in [1.54, 1.807) is 39.6 Å². The van der Waals surface area contributed by atoms with Gasteiger partial charge in [0.15, 0.2) is 0 Å². The second-order valence-electron chi connectivity index (χ2n) is 5.33. The number of carbonyl (C=O) groups is 1. The highest BCUT2D eigenvalue weighted by Gasteiger charge is 2.24. The van der Waals surface area contributed by atoms with Gasteiger partial charge in [0.1, 0.15) is 11.6 Å². The van der Waals surface area contributed by atoms with Crippen molar-refractivity contribution in [2.24, 2.45) is 0 Å². The van der Waals surface area contributed by atoms with Crippen molar-refractivity contribution in [2.75, 3.05) is 19.3 Å². The van der Waals surface area contributed by atoms with Crippen molar-refractivity contribution < 1.29 is 22.5 Å². The summed E-state index contributed by atoms with van der Waals surface area (Å²) in [4.78, 5) is 13.4. The first-order valence-corrected chi connectivity index (χ1v) is 7.41. The van der Waals surface area contributed by atoms with E-state index in [2.05, 4.69) is 0 Å². The molecule has 0 saturated carbocycles. The van der Waals surface area contributed by atoms with Crippen LogP contribution in [-0.4, -0.2) is 54.8 Å². The molecule has 0 bridgehead atoms. The third-order valence-electron chi connectivity index (χ3n) is 2.32. The molecule has 0 aromatic rings. The van der Waals surface area contributed by atoms with Crippen LogP contribution >= 0.6 is 0 Å². The van der Waals surface area contributed by atoms with Crippen LogP contribution < -0.4 is 0 Å². The van der Waals surface area contributed by atoms with Crippen LogP contribution in [0.1, 0.15) is 34.1 Å². The molecule has 7 heteroatoms. The van der Waals surface area contributed by atoms with Gasteiger partial charge in [0.2, 0.25) is 0 Å². The zero-order valence-corrected chi connectivity index (χ0v) is 12.5. The van der Waals surface area contributed by atoms with Crippen LogP contribution in [0.3, 0.4) is 0 Å². The minimum absolute atomic E-state index is 0.266. The SMILES string of the molecule is C[C@@H](C(=O)OC(C)(C)C)N(C)CCCS(=O)(=O)O. The molecule has 0 aliphatic rings. The van der Waals surface area contributed by atoms with E-state index < -0.39 is 21.8 Å². The Balaban J connectivity index is 4.18. The van der Waals surface area contributed by atoms with Crippen molar-refractivity contribution in [3.8, 4) is 0 Å². The Labute approximate surface area is 109 Å². The topological polar surface area (TPSA) is 83.9 Å². The second-order valence-corrected chi connectivity index (χ2v) is 6.90. The smallest absolute Gasteiger partial charge is 0.323 e. The number of ether oxygens (including phenoxy) is 1. The van der Waals surface area contributed by atoms with Crippen LogP contribution in [0.25, 0.3) is 0 Å². The molecule has 108 valence electrons. The lowest BCUT2D eigenvalue weighted by atomic mass is 10.2. The van der Waals surface area contributed by atoms with E-state index in [4.69, 9.17) is 9.29 Å². The summed E-state index contributed by atoms with van der Waals surface area (Å²) in [6, 6.07) is -0.453. The number of hydrogen-bond acceptors (Lipinski definition) is 5. The molecule has 0 rings (SSSR count). The fourth-order valence-electron chi connectivity index (χ4n) is 1.26.